The van der Waals surface area contributed by atoms with Gasteiger partial charge in [0.15, 0.2) is 6.04 Å². The minimum absolute atomic E-state index is 0.179. The first-order chi connectivity index (χ1) is 18.4. The van der Waals surface area contributed by atoms with E-state index in [0.29, 0.717) is 21.7 Å². The molecular formula is C26H28N4O8. The second-order valence-electron chi connectivity index (χ2n) is 8.01. The van der Waals surface area contributed by atoms with Gasteiger partial charge in [-0.2, -0.15) is 4.90 Å². The third-order valence-electron chi connectivity index (χ3n) is 5.37. The Morgan fingerprint density at radius 1 is 0.947 bits per heavy atom. The van der Waals surface area contributed by atoms with Gasteiger partial charge in [-0.25, -0.2) is 19.4 Å². The molecule has 0 saturated heterocycles. The Bertz CT molecular complexity index is 1130. The number of methoxy groups -OCH3 is 1. The molecule has 0 unspecified atom stereocenters. The predicted molar refractivity (Wildman–Crippen MR) is 132 cm³/mol. The Labute approximate surface area is 218 Å². The van der Waals surface area contributed by atoms with Gasteiger partial charge in [-0.1, -0.05) is 60.7 Å². The number of aromatic amines is 1. The third-order valence-corrected chi connectivity index (χ3v) is 5.37. The highest BCUT2D eigenvalue weighted by Crippen LogP contribution is 2.15. The average Bonchev–Trinajstić information content (AvgIpc) is 3.47. The minimum atomic E-state index is -1.54. The zero-order chi connectivity index (χ0) is 27.3. The summed E-state index contributed by atoms with van der Waals surface area (Å²) in [6, 6.07) is 14.5. The summed E-state index contributed by atoms with van der Waals surface area (Å²) in [7, 11) is 1.09. The Balaban J connectivity index is 1.89. The van der Waals surface area contributed by atoms with Crippen molar-refractivity contribution in [2.45, 2.75) is 31.7 Å². The number of rotatable bonds is 11. The van der Waals surface area contributed by atoms with Crippen LogP contribution in [0, 0.1) is 0 Å². The molecule has 12 heteroatoms. The van der Waals surface area contributed by atoms with Crippen LogP contribution in [0.1, 0.15) is 16.8 Å². The molecule has 0 aliphatic heterocycles. The molecule has 0 aliphatic carbocycles. The number of aliphatic hydroxyl groups is 1. The van der Waals surface area contributed by atoms with Crippen LogP contribution in [0.15, 0.2) is 73.2 Å². The first-order valence-electron chi connectivity index (χ1n) is 11.6. The van der Waals surface area contributed by atoms with Crippen LogP contribution in [0.2, 0.25) is 0 Å². The Kier molecular flexibility index (Phi) is 10.4. The molecule has 2 atom stereocenters. The van der Waals surface area contributed by atoms with Crippen LogP contribution in [-0.4, -0.2) is 69.8 Å². The Hall–Kier alpha value is -4.71. The van der Waals surface area contributed by atoms with E-state index in [9.17, 15) is 24.3 Å². The van der Waals surface area contributed by atoms with Crippen molar-refractivity contribution in [2.75, 3.05) is 13.7 Å². The van der Waals surface area contributed by atoms with Crippen molar-refractivity contribution in [3.8, 4) is 0 Å². The lowest BCUT2D eigenvalue weighted by atomic mass is 10.1. The SMILES string of the molecule is COC(=O)[C@H](CO)NC(=O)[C@@H](Cc1cnc[nH]1)N(C(=O)OCc1ccccc1)C(=O)OCc1ccccc1. The number of amides is 3. The number of hydrogen-bond acceptors (Lipinski definition) is 9. The number of carbonyl (C=O) groups is 4. The normalized spacial score (nSPS) is 12.1. The van der Waals surface area contributed by atoms with E-state index in [1.165, 1.54) is 12.5 Å². The smallest absolute Gasteiger partial charge is 0.420 e. The number of H-pyrrole nitrogens is 1. The number of aliphatic hydroxyl groups excluding tert-OH is 1. The van der Waals surface area contributed by atoms with E-state index in [2.05, 4.69) is 20.0 Å². The molecule has 0 radical (unpaired) electrons. The van der Waals surface area contributed by atoms with Gasteiger partial charge in [-0.15, -0.1) is 0 Å². The number of nitrogens with zero attached hydrogens (tertiary/aromatic N) is 2. The lowest BCUT2D eigenvalue weighted by Gasteiger charge is -2.28. The fourth-order valence-electron chi connectivity index (χ4n) is 3.40. The van der Waals surface area contributed by atoms with Crippen LogP contribution in [0.5, 0.6) is 0 Å². The highest BCUT2D eigenvalue weighted by Gasteiger charge is 2.39. The van der Waals surface area contributed by atoms with Gasteiger partial charge in [0.05, 0.1) is 20.0 Å². The average molecular weight is 525 g/mol. The molecule has 3 aromatic rings. The van der Waals surface area contributed by atoms with E-state index in [1.54, 1.807) is 60.7 Å². The van der Waals surface area contributed by atoms with Gasteiger partial charge in [0.25, 0.3) is 0 Å². The summed E-state index contributed by atoms with van der Waals surface area (Å²) in [4.78, 5) is 59.0. The Morgan fingerprint density at radius 3 is 1.95 bits per heavy atom. The number of imide groups is 1. The molecule has 0 saturated carbocycles. The van der Waals surface area contributed by atoms with Crippen LogP contribution >= 0.6 is 0 Å². The van der Waals surface area contributed by atoms with E-state index < -0.39 is 42.8 Å². The first kappa shape index (κ1) is 27.9. The molecule has 0 spiro atoms. The van der Waals surface area contributed by atoms with Crippen LogP contribution < -0.4 is 5.32 Å². The molecule has 12 nitrogen and oxygen atoms in total. The molecule has 3 amide bonds. The number of ether oxygens (including phenoxy) is 3. The first-order valence-corrected chi connectivity index (χ1v) is 11.6. The van der Waals surface area contributed by atoms with Gasteiger partial charge in [0, 0.05) is 18.3 Å². The highest BCUT2D eigenvalue weighted by atomic mass is 16.6. The number of aromatic nitrogens is 2. The van der Waals surface area contributed by atoms with Gasteiger partial charge in [-0.05, 0) is 11.1 Å². The van der Waals surface area contributed by atoms with E-state index >= 15 is 0 Å². The highest BCUT2D eigenvalue weighted by molar-refractivity contribution is 5.96. The van der Waals surface area contributed by atoms with Gasteiger partial charge in [0.2, 0.25) is 5.91 Å². The lowest BCUT2D eigenvalue weighted by molar-refractivity contribution is -0.146. The number of carbonyl (C=O) groups excluding carboxylic acids is 4. The largest absolute Gasteiger partial charge is 0.467 e. The predicted octanol–water partition coefficient (Wildman–Crippen LogP) is 1.95. The molecule has 0 bridgehead atoms. The molecule has 38 heavy (non-hydrogen) atoms. The number of nitrogens with one attached hydrogen (secondary N) is 2. The molecule has 0 aliphatic rings. The quantitative estimate of drug-likeness (QED) is 0.252. The molecule has 200 valence electrons. The maximum absolute atomic E-state index is 13.3. The van der Waals surface area contributed by atoms with Crippen molar-refractivity contribution in [3.05, 3.63) is 90.0 Å². The maximum Gasteiger partial charge on any atom is 0.420 e. The number of hydrogen-bond donors (Lipinski definition) is 3. The van der Waals surface area contributed by atoms with E-state index in [0.717, 1.165) is 7.11 Å². The van der Waals surface area contributed by atoms with Gasteiger partial charge < -0.3 is 29.6 Å². The minimum Gasteiger partial charge on any atom is -0.467 e. The van der Waals surface area contributed by atoms with Crippen molar-refractivity contribution in [2.24, 2.45) is 0 Å². The van der Waals surface area contributed by atoms with Crippen molar-refractivity contribution in [1.82, 2.24) is 20.2 Å². The van der Waals surface area contributed by atoms with Crippen LogP contribution in [-0.2, 0) is 43.4 Å². The topological polar surface area (TPSA) is 160 Å². The zero-order valence-electron chi connectivity index (χ0n) is 20.6. The monoisotopic (exact) mass is 524 g/mol. The number of esters is 1. The third kappa shape index (κ3) is 7.90. The fraction of sp³-hybridized carbons (Fsp3) is 0.269. The van der Waals surface area contributed by atoms with E-state index in [1.807, 2.05) is 0 Å². The fourth-order valence-corrected chi connectivity index (χ4v) is 3.40. The molecule has 1 aromatic heterocycles. The zero-order valence-corrected chi connectivity index (χ0v) is 20.6. The van der Waals surface area contributed by atoms with E-state index in [4.69, 9.17) is 9.47 Å². The summed E-state index contributed by atoms with van der Waals surface area (Å²) in [5.41, 5.74) is 1.71. The van der Waals surface area contributed by atoms with Gasteiger partial charge in [-0.3, -0.25) is 4.79 Å². The van der Waals surface area contributed by atoms with Crippen molar-refractivity contribution in [3.63, 3.8) is 0 Å². The standard InChI is InChI=1S/C26H28N4O8/c1-36-24(33)21(14-31)29-23(32)22(12-20-13-27-17-28-20)30(25(34)37-15-18-8-4-2-5-9-18)26(35)38-16-19-10-6-3-7-11-19/h2-11,13,17,21-22,31H,12,14-16H2,1H3,(H,27,28)(H,29,32)/t21-,22+/m0/s1. The summed E-state index contributed by atoms with van der Waals surface area (Å²) >= 11 is 0. The summed E-state index contributed by atoms with van der Waals surface area (Å²) in [5, 5.41) is 11.9. The molecule has 1 heterocycles. The van der Waals surface area contributed by atoms with Crippen LogP contribution in [0.3, 0.4) is 0 Å². The number of imidazole rings is 1. The summed E-state index contributed by atoms with van der Waals surface area (Å²) in [6.45, 7) is -1.13. The van der Waals surface area contributed by atoms with Crippen LogP contribution in [0.4, 0.5) is 9.59 Å². The molecule has 3 rings (SSSR count). The van der Waals surface area contributed by atoms with Crippen LogP contribution in [0.25, 0.3) is 0 Å². The summed E-state index contributed by atoms with van der Waals surface area (Å²) in [6.07, 6.45) is 0.260. The number of benzene rings is 2. The second-order valence-corrected chi connectivity index (χ2v) is 8.01. The summed E-state index contributed by atoms with van der Waals surface area (Å²) < 4.78 is 15.3. The van der Waals surface area contributed by atoms with Crippen molar-refractivity contribution in [1.29, 1.82) is 0 Å². The second kappa shape index (κ2) is 14.1. The molecule has 3 N–H and O–H groups in total. The summed E-state index contributed by atoms with van der Waals surface area (Å²) in [5.74, 6) is -1.84. The maximum atomic E-state index is 13.3. The molecule has 0 fully saturated rings. The van der Waals surface area contributed by atoms with Crippen molar-refractivity contribution >= 4 is 24.1 Å². The molecule has 2 aromatic carbocycles. The Morgan fingerprint density at radius 2 is 1.50 bits per heavy atom. The van der Waals surface area contributed by atoms with Gasteiger partial charge in [0.1, 0.15) is 19.3 Å². The lowest BCUT2D eigenvalue weighted by Crippen LogP contribution is -2.57. The van der Waals surface area contributed by atoms with Gasteiger partial charge >= 0.3 is 18.2 Å². The van der Waals surface area contributed by atoms with E-state index in [-0.39, 0.29) is 19.6 Å². The molecular weight excluding hydrogens is 496 g/mol. The van der Waals surface area contributed by atoms with Crippen molar-refractivity contribution < 1.29 is 38.5 Å².